The number of halogens is 3. The molecule has 0 aromatic heterocycles. The number of hydrogen-bond acceptors (Lipinski definition) is 5. The Kier molecular flexibility index (Phi) is 9.98. The number of anilines is 1. The Labute approximate surface area is 177 Å². The summed E-state index contributed by atoms with van der Waals surface area (Å²) in [6, 6.07) is 3.33. The van der Waals surface area contributed by atoms with Crippen molar-refractivity contribution in [1.82, 2.24) is 10.2 Å². The SMILES string of the molecule is COc1cc(N)c(Cl)cc1C(=O)NC1CCN(CC2CCOC2)CC1.Cl.Cl. The van der Waals surface area contributed by atoms with Gasteiger partial charge in [-0.2, -0.15) is 0 Å². The van der Waals surface area contributed by atoms with Gasteiger partial charge in [-0.15, -0.1) is 24.8 Å². The summed E-state index contributed by atoms with van der Waals surface area (Å²) in [6.45, 7) is 4.88. The Bertz CT molecular complexity index is 619. The molecular weight excluding hydrogens is 413 g/mol. The van der Waals surface area contributed by atoms with Gasteiger partial charge in [0.2, 0.25) is 0 Å². The highest BCUT2D eigenvalue weighted by Gasteiger charge is 2.25. The second kappa shape index (κ2) is 11.2. The van der Waals surface area contributed by atoms with Gasteiger partial charge < -0.3 is 25.4 Å². The molecule has 154 valence electrons. The van der Waals surface area contributed by atoms with Crippen LogP contribution in [0, 0.1) is 5.92 Å². The van der Waals surface area contributed by atoms with Crippen molar-refractivity contribution in [3.05, 3.63) is 22.7 Å². The third-order valence-corrected chi connectivity index (χ3v) is 5.35. The van der Waals surface area contributed by atoms with E-state index in [4.69, 9.17) is 26.8 Å². The van der Waals surface area contributed by atoms with E-state index in [9.17, 15) is 4.79 Å². The van der Waals surface area contributed by atoms with Crippen molar-refractivity contribution < 1.29 is 14.3 Å². The van der Waals surface area contributed by atoms with Crippen molar-refractivity contribution >= 4 is 48.0 Å². The molecule has 2 aliphatic rings. The van der Waals surface area contributed by atoms with Crippen molar-refractivity contribution in [2.24, 2.45) is 5.92 Å². The summed E-state index contributed by atoms with van der Waals surface area (Å²) in [7, 11) is 1.52. The topological polar surface area (TPSA) is 76.8 Å². The molecule has 1 amide bonds. The number of methoxy groups -OCH3 is 1. The minimum atomic E-state index is -0.165. The largest absolute Gasteiger partial charge is 0.496 e. The monoisotopic (exact) mass is 439 g/mol. The number of nitrogens with one attached hydrogen (secondary N) is 1. The highest BCUT2D eigenvalue weighted by molar-refractivity contribution is 6.33. The van der Waals surface area contributed by atoms with Gasteiger partial charge >= 0.3 is 0 Å². The van der Waals surface area contributed by atoms with Crippen LogP contribution in [0.1, 0.15) is 29.6 Å². The molecule has 2 aliphatic heterocycles. The number of amides is 1. The van der Waals surface area contributed by atoms with E-state index >= 15 is 0 Å². The number of benzene rings is 1. The molecule has 3 rings (SSSR count). The average molecular weight is 441 g/mol. The van der Waals surface area contributed by atoms with Gasteiger partial charge in [0.05, 0.1) is 30.0 Å². The number of rotatable bonds is 5. The summed E-state index contributed by atoms with van der Waals surface area (Å²) in [5, 5.41) is 3.46. The number of nitrogens with zero attached hydrogens (tertiary/aromatic N) is 1. The molecule has 2 fully saturated rings. The first-order chi connectivity index (χ1) is 12.1. The lowest BCUT2D eigenvalue weighted by molar-refractivity contribution is 0.0900. The summed E-state index contributed by atoms with van der Waals surface area (Å²) >= 11 is 6.05. The first-order valence-electron chi connectivity index (χ1n) is 8.80. The Hall–Kier alpha value is -0.920. The van der Waals surface area contributed by atoms with Crippen molar-refractivity contribution in [1.29, 1.82) is 0 Å². The molecule has 0 radical (unpaired) electrons. The number of piperidine rings is 1. The van der Waals surface area contributed by atoms with Gasteiger partial charge in [-0.3, -0.25) is 4.79 Å². The van der Waals surface area contributed by atoms with Gasteiger partial charge in [-0.05, 0) is 31.2 Å². The number of nitrogens with two attached hydrogens (primary N) is 1. The molecule has 3 N–H and O–H groups in total. The molecule has 1 aromatic rings. The first-order valence-corrected chi connectivity index (χ1v) is 9.18. The van der Waals surface area contributed by atoms with Crippen LogP contribution in [0.15, 0.2) is 12.1 Å². The highest BCUT2D eigenvalue weighted by Crippen LogP contribution is 2.29. The molecule has 0 saturated carbocycles. The molecule has 0 spiro atoms. The molecule has 2 heterocycles. The van der Waals surface area contributed by atoms with E-state index in [0.717, 1.165) is 52.1 Å². The maximum atomic E-state index is 12.6. The van der Waals surface area contributed by atoms with Gasteiger partial charge in [0.25, 0.3) is 5.91 Å². The van der Waals surface area contributed by atoms with Gasteiger partial charge in [-0.25, -0.2) is 0 Å². The standard InChI is InChI=1S/C18H26ClN3O3.2ClH/c1-24-17-9-16(20)15(19)8-14(17)18(23)21-13-2-5-22(6-3-13)10-12-4-7-25-11-12;;/h8-9,12-13H,2-7,10-11,20H2,1H3,(H,21,23);2*1H. The quantitative estimate of drug-likeness (QED) is 0.688. The summed E-state index contributed by atoms with van der Waals surface area (Å²) in [4.78, 5) is 15.1. The predicted octanol–water partition coefficient (Wildman–Crippen LogP) is 3.01. The van der Waals surface area contributed by atoms with Gasteiger partial charge in [0, 0.05) is 38.3 Å². The lowest BCUT2D eigenvalue weighted by Gasteiger charge is -2.33. The number of nitrogen functional groups attached to an aromatic ring is 1. The van der Waals surface area contributed by atoms with E-state index in [0.29, 0.717) is 27.9 Å². The second-order valence-electron chi connectivity index (χ2n) is 6.85. The maximum Gasteiger partial charge on any atom is 0.255 e. The lowest BCUT2D eigenvalue weighted by Crippen LogP contribution is -2.45. The zero-order valence-electron chi connectivity index (χ0n) is 15.4. The van der Waals surface area contributed by atoms with Crippen molar-refractivity contribution in [3.8, 4) is 5.75 Å². The zero-order valence-corrected chi connectivity index (χ0v) is 17.8. The van der Waals surface area contributed by atoms with Gasteiger partial charge in [-0.1, -0.05) is 11.6 Å². The molecule has 9 heteroatoms. The van der Waals surface area contributed by atoms with E-state index in [1.807, 2.05) is 0 Å². The van der Waals surface area contributed by atoms with Crippen LogP contribution in [-0.4, -0.2) is 56.8 Å². The molecule has 0 bridgehead atoms. The summed E-state index contributed by atoms with van der Waals surface area (Å²) in [5.74, 6) is 0.937. The van der Waals surface area contributed by atoms with Crippen LogP contribution >= 0.6 is 36.4 Å². The average Bonchev–Trinajstić information content (AvgIpc) is 3.11. The van der Waals surface area contributed by atoms with E-state index in [2.05, 4.69) is 10.2 Å². The minimum absolute atomic E-state index is 0. The van der Waals surface area contributed by atoms with Crippen LogP contribution in [0.4, 0.5) is 5.69 Å². The van der Waals surface area contributed by atoms with Crippen LogP contribution in [0.5, 0.6) is 5.75 Å². The number of hydrogen-bond donors (Lipinski definition) is 2. The summed E-state index contributed by atoms with van der Waals surface area (Å²) < 4.78 is 10.7. The predicted molar refractivity (Wildman–Crippen MR) is 113 cm³/mol. The van der Waals surface area contributed by atoms with E-state index in [-0.39, 0.29) is 36.8 Å². The third-order valence-electron chi connectivity index (χ3n) is 5.03. The number of likely N-dealkylation sites (tertiary alicyclic amines) is 1. The van der Waals surface area contributed by atoms with Crippen LogP contribution < -0.4 is 15.8 Å². The molecule has 2 saturated heterocycles. The van der Waals surface area contributed by atoms with Crippen molar-refractivity contribution in [3.63, 3.8) is 0 Å². The second-order valence-corrected chi connectivity index (χ2v) is 7.26. The lowest BCUT2D eigenvalue weighted by atomic mass is 10.0. The Morgan fingerprint density at radius 3 is 2.63 bits per heavy atom. The zero-order chi connectivity index (χ0) is 17.8. The summed E-state index contributed by atoms with van der Waals surface area (Å²) in [6.07, 6.45) is 3.06. The van der Waals surface area contributed by atoms with E-state index < -0.39 is 0 Å². The van der Waals surface area contributed by atoms with Crippen LogP contribution in [0.2, 0.25) is 5.02 Å². The number of carbonyl (C=O) groups excluding carboxylic acids is 1. The number of carbonyl (C=O) groups is 1. The molecule has 1 aromatic carbocycles. The molecular formula is C18H28Cl3N3O3. The molecule has 1 atom stereocenters. The fourth-order valence-corrected chi connectivity index (χ4v) is 3.69. The van der Waals surface area contributed by atoms with Crippen LogP contribution in [0.25, 0.3) is 0 Å². The van der Waals surface area contributed by atoms with Crippen molar-refractivity contribution in [2.75, 3.05) is 45.7 Å². The molecule has 0 aliphatic carbocycles. The van der Waals surface area contributed by atoms with Gasteiger partial charge in [0.15, 0.2) is 0 Å². The molecule has 27 heavy (non-hydrogen) atoms. The maximum absolute atomic E-state index is 12.6. The first kappa shape index (κ1) is 24.1. The third kappa shape index (κ3) is 6.29. The summed E-state index contributed by atoms with van der Waals surface area (Å²) in [5.41, 5.74) is 6.60. The Morgan fingerprint density at radius 1 is 1.33 bits per heavy atom. The van der Waals surface area contributed by atoms with Crippen molar-refractivity contribution in [2.45, 2.75) is 25.3 Å². The fraction of sp³-hybridized carbons (Fsp3) is 0.611. The van der Waals surface area contributed by atoms with Crippen LogP contribution in [-0.2, 0) is 4.74 Å². The number of ether oxygens (including phenoxy) is 2. The van der Waals surface area contributed by atoms with Gasteiger partial charge in [0.1, 0.15) is 5.75 Å². The van der Waals surface area contributed by atoms with Crippen LogP contribution in [0.3, 0.4) is 0 Å². The van der Waals surface area contributed by atoms with E-state index in [1.54, 1.807) is 12.1 Å². The minimum Gasteiger partial charge on any atom is -0.496 e. The normalized spacial score (nSPS) is 20.4. The molecule has 6 nitrogen and oxygen atoms in total. The fourth-order valence-electron chi connectivity index (χ4n) is 3.53. The van der Waals surface area contributed by atoms with E-state index in [1.165, 1.54) is 7.11 Å². The smallest absolute Gasteiger partial charge is 0.255 e. The molecule has 1 unspecified atom stereocenters. The Morgan fingerprint density at radius 2 is 2.04 bits per heavy atom. The Balaban J connectivity index is 0.00000182. The highest BCUT2D eigenvalue weighted by atomic mass is 35.5.